The highest BCUT2D eigenvalue weighted by Gasteiger charge is 2.16. The lowest BCUT2D eigenvalue weighted by Gasteiger charge is -2.25. The van der Waals surface area contributed by atoms with E-state index in [1.807, 2.05) is 43.3 Å². The maximum absolute atomic E-state index is 12.3. The van der Waals surface area contributed by atoms with Gasteiger partial charge in [-0.05, 0) is 30.2 Å². The second-order valence-corrected chi connectivity index (χ2v) is 7.68. The van der Waals surface area contributed by atoms with Gasteiger partial charge in [-0.2, -0.15) is 0 Å². The SMILES string of the molecule is CC(c1ccccc1)N(C)C(=O)NCc1cccc(NS(C)(=O)=O)c1. The van der Waals surface area contributed by atoms with Crippen LogP contribution in [0.1, 0.15) is 24.1 Å². The molecule has 6 nitrogen and oxygen atoms in total. The van der Waals surface area contributed by atoms with Gasteiger partial charge >= 0.3 is 6.03 Å². The fraction of sp³-hybridized carbons (Fsp3) is 0.278. The van der Waals surface area contributed by atoms with E-state index >= 15 is 0 Å². The van der Waals surface area contributed by atoms with Crippen molar-refractivity contribution in [3.63, 3.8) is 0 Å². The maximum atomic E-state index is 12.3. The van der Waals surface area contributed by atoms with Crippen molar-refractivity contribution < 1.29 is 13.2 Å². The number of urea groups is 1. The molecule has 1 atom stereocenters. The van der Waals surface area contributed by atoms with Crippen LogP contribution in [0.2, 0.25) is 0 Å². The second-order valence-electron chi connectivity index (χ2n) is 5.93. The Morgan fingerprint density at radius 2 is 1.80 bits per heavy atom. The summed E-state index contributed by atoms with van der Waals surface area (Å²) in [5, 5.41) is 2.85. The van der Waals surface area contributed by atoms with Gasteiger partial charge in [0.2, 0.25) is 10.0 Å². The van der Waals surface area contributed by atoms with E-state index in [4.69, 9.17) is 0 Å². The number of hydrogen-bond donors (Lipinski definition) is 2. The molecule has 2 N–H and O–H groups in total. The van der Waals surface area contributed by atoms with Crippen LogP contribution in [0.4, 0.5) is 10.5 Å². The van der Waals surface area contributed by atoms with E-state index in [0.717, 1.165) is 17.4 Å². The van der Waals surface area contributed by atoms with E-state index in [1.165, 1.54) is 0 Å². The Labute approximate surface area is 148 Å². The molecule has 0 aromatic heterocycles. The van der Waals surface area contributed by atoms with Crippen molar-refractivity contribution in [3.05, 3.63) is 65.7 Å². The molecule has 25 heavy (non-hydrogen) atoms. The lowest BCUT2D eigenvalue weighted by Crippen LogP contribution is -2.38. The number of nitrogens with one attached hydrogen (secondary N) is 2. The first kappa shape index (κ1) is 18.8. The first-order valence-corrected chi connectivity index (χ1v) is 9.78. The van der Waals surface area contributed by atoms with Crippen molar-refractivity contribution >= 4 is 21.7 Å². The van der Waals surface area contributed by atoms with Crippen LogP contribution < -0.4 is 10.0 Å². The zero-order valence-electron chi connectivity index (χ0n) is 14.6. The van der Waals surface area contributed by atoms with E-state index in [9.17, 15) is 13.2 Å². The van der Waals surface area contributed by atoms with Gasteiger partial charge < -0.3 is 10.2 Å². The van der Waals surface area contributed by atoms with Crippen molar-refractivity contribution in [2.24, 2.45) is 0 Å². The molecule has 2 aromatic carbocycles. The molecule has 0 bridgehead atoms. The third kappa shape index (κ3) is 5.79. The van der Waals surface area contributed by atoms with Crippen LogP contribution in [0, 0.1) is 0 Å². The quantitative estimate of drug-likeness (QED) is 0.830. The summed E-state index contributed by atoms with van der Waals surface area (Å²) in [4.78, 5) is 14.0. The number of nitrogens with zero attached hydrogens (tertiary/aromatic N) is 1. The van der Waals surface area contributed by atoms with Crippen LogP contribution in [0.3, 0.4) is 0 Å². The largest absolute Gasteiger partial charge is 0.334 e. The summed E-state index contributed by atoms with van der Waals surface area (Å²) < 4.78 is 25.0. The molecule has 0 aliphatic carbocycles. The third-order valence-corrected chi connectivity index (χ3v) is 4.46. The van der Waals surface area contributed by atoms with Crippen molar-refractivity contribution in [1.82, 2.24) is 10.2 Å². The molecular formula is C18H23N3O3S. The van der Waals surface area contributed by atoms with Gasteiger partial charge in [-0.3, -0.25) is 4.72 Å². The minimum Gasteiger partial charge on any atom is -0.334 e. The number of amides is 2. The van der Waals surface area contributed by atoms with Crippen LogP contribution in [-0.2, 0) is 16.6 Å². The van der Waals surface area contributed by atoms with E-state index < -0.39 is 10.0 Å². The summed E-state index contributed by atoms with van der Waals surface area (Å²) in [6, 6.07) is 16.5. The number of carbonyl (C=O) groups excluding carboxylic acids is 1. The number of rotatable bonds is 6. The molecule has 0 heterocycles. The summed E-state index contributed by atoms with van der Waals surface area (Å²) in [5.41, 5.74) is 2.34. The number of hydrogen-bond acceptors (Lipinski definition) is 3. The zero-order chi connectivity index (χ0) is 18.4. The highest BCUT2D eigenvalue weighted by atomic mass is 32.2. The van der Waals surface area contributed by atoms with E-state index in [0.29, 0.717) is 12.2 Å². The fourth-order valence-electron chi connectivity index (χ4n) is 2.39. The lowest BCUT2D eigenvalue weighted by atomic mass is 10.1. The maximum Gasteiger partial charge on any atom is 0.317 e. The Kier molecular flexibility index (Phi) is 6.03. The first-order valence-electron chi connectivity index (χ1n) is 7.88. The average Bonchev–Trinajstić information content (AvgIpc) is 2.58. The molecule has 0 spiro atoms. The molecule has 0 saturated heterocycles. The average molecular weight is 361 g/mol. The van der Waals surface area contributed by atoms with E-state index in [-0.39, 0.29) is 12.1 Å². The molecule has 1 unspecified atom stereocenters. The normalized spacial score (nSPS) is 12.3. The van der Waals surface area contributed by atoms with Gasteiger partial charge in [0.05, 0.1) is 12.3 Å². The Balaban J connectivity index is 1.96. The van der Waals surface area contributed by atoms with Crippen molar-refractivity contribution in [2.45, 2.75) is 19.5 Å². The highest BCUT2D eigenvalue weighted by molar-refractivity contribution is 7.92. The van der Waals surface area contributed by atoms with Crippen LogP contribution in [0.5, 0.6) is 0 Å². The van der Waals surface area contributed by atoms with Gasteiger partial charge in [-0.1, -0.05) is 42.5 Å². The molecule has 2 aromatic rings. The predicted octanol–water partition coefficient (Wildman–Crippen LogP) is 2.96. The van der Waals surface area contributed by atoms with E-state index in [1.54, 1.807) is 30.1 Å². The van der Waals surface area contributed by atoms with Crippen molar-refractivity contribution in [3.8, 4) is 0 Å². The number of carbonyl (C=O) groups is 1. The Morgan fingerprint density at radius 1 is 1.12 bits per heavy atom. The first-order chi connectivity index (χ1) is 11.8. The summed E-state index contributed by atoms with van der Waals surface area (Å²) >= 11 is 0. The standard InChI is InChI=1S/C18H23N3O3S/c1-14(16-9-5-4-6-10-16)21(2)18(22)19-13-15-8-7-11-17(12-15)20-25(3,23)24/h4-12,14,20H,13H2,1-3H3,(H,19,22). The molecule has 0 aliphatic rings. The predicted molar refractivity (Wildman–Crippen MR) is 99.8 cm³/mol. The Morgan fingerprint density at radius 3 is 2.44 bits per heavy atom. The van der Waals surface area contributed by atoms with Gasteiger partial charge in [-0.25, -0.2) is 13.2 Å². The van der Waals surface area contributed by atoms with Crippen LogP contribution in [0.25, 0.3) is 0 Å². The topological polar surface area (TPSA) is 78.5 Å². The van der Waals surface area contributed by atoms with Gasteiger partial charge in [0.1, 0.15) is 0 Å². The Bertz CT molecular complexity index is 822. The summed E-state index contributed by atoms with van der Waals surface area (Å²) in [5.74, 6) is 0. The molecule has 7 heteroatoms. The monoisotopic (exact) mass is 361 g/mol. The molecule has 0 aliphatic heterocycles. The Hall–Kier alpha value is -2.54. The summed E-state index contributed by atoms with van der Waals surface area (Å²) in [6.07, 6.45) is 1.10. The van der Waals surface area contributed by atoms with Crippen molar-refractivity contribution in [2.75, 3.05) is 18.0 Å². The minimum atomic E-state index is -3.33. The van der Waals surface area contributed by atoms with Gasteiger partial charge in [-0.15, -0.1) is 0 Å². The van der Waals surface area contributed by atoms with Gasteiger partial charge in [0.25, 0.3) is 0 Å². The minimum absolute atomic E-state index is 0.0561. The summed E-state index contributed by atoms with van der Waals surface area (Å²) in [7, 11) is -1.58. The number of anilines is 1. The zero-order valence-corrected chi connectivity index (χ0v) is 15.4. The van der Waals surface area contributed by atoms with Crippen molar-refractivity contribution in [1.29, 1.82) is 0 Å². The molecule has 2 rings (SSSR count). The number of benzene rings is 2. The molecule has 134 valence electrons. The second kappa shape index (κ2) is 8.02. The fourth-order valence-corrected chi connectivity index (χ4v) is 2.95. The summed E-state index contributed by atoms with van der Waals surface area (Å²) in [6.45, 7) is 2.27. The van der Waals surface area contributed by atoms with Crippen LogP contribution in [-0.4, -0.2) is 32.7 Å². The molecular weight excluding hydrogens is 338 g/mol. The van der Waals surface area contributed by atoms with E-state index in [2.05, 4.69) is 10.0 Å². The number of sulfonamides is 1. The lowest BCUT2D eigenvalue weighted by molar-refractivity contribution is 0.194. The van der Waals surface area contributed by atoms with Crippen LogP contribution in [0.15, 0.2) is 54.6 Å². The highest BCUT2D eigenvalue weighted by Crippen LogP contribution is 2.18. The smallest absolute Gasteiger partial charge is 0.317 e. The van der Waals surface area contributed by atoms with Gasteiger partial charge in [0.15, 0.2) is 0 Å². The molecule has 0 fully saturated rings. The molecule has 2 amide bonds. The third-order valence-electron chi connectivity index (χ3n) is 3.86. The van der Waals surface area contributed by atoms with Crippen LogP contribution >= 0.6 is 0 Å². The molecule has 0 radical (unpaired) electrons. The van der Waals surface area contributed by atoms with Gasteiger partial charge in [0, 0.05) is 19.3 Å². The molecule has 0 saturated carbocycles.